The lowest BCUT2D eigenvalue weighted by atomic mass is 10.1. The third kappa shape index (κ3) is 4.43. The molecule has 2 fully saturated rings. The standard InChI is InChI=1S/C17H27N3O.ClH/c1-17(2,18)13-19-11-15-16(12-19)21-9-8-20(15)10-14-6-4-3-5-7-14;/h3-7,15-16H,8-13,18H2,1-2H3;1H/t15-,16+;/m1./s1. The Morgan fingerprint density at radius 1 is 1.23 bits per heavy atom. The molecule has 5 heteroatoms. The summed E-state index contributed by atoms with van der Waals surface area (Å²) in [6, 6.07) is 11.2. The van der Waals surface area contributed by atoms with Crippen LogP contribution in [0.2, 0.25) is 0 Å². The van der Waals surface area contributed by atoms with Crippen molar-refractivity contribution in [3.05, 3.63) is 35.9 Å². The Kier molecular flexibility index (Phi) is 5.86. The number of benzene rings is 1. The minimum atomic E-state index is -0.141. The average Bonchev–Trinajstić information content (AvgIpc) is 2.81. The molecule has 0 saturated carbocycles. The Labute approximate surface area is 140 Å². The van der Waals surface area contributed by atoms with Gasteiger partial charge >= 0.3 is 0 Å². The molecule has 0 aliphatic carbocycles. The quantitative estimate of drug-likeness (QED) is 0.915. The lowest BCUT2D eigenvalue weighted by Gasteiger charge is -2.37. The van der Waals surface area contributed by atoms with Crippen molar-refractivity contribution < 1.29 is 4.74 Å². The molecule has 2 saturated heterocycles. The van der Waals surface area contributed by atoms with Crippen LogP contribution in [0.15, 0.2) is 30.3 Å². The molecule has 2 atom stereocenters. The lowest BCUT2D eigenvalue weighted by molar-refractivity contribution is -0.0504. The Morgan fingerprint density at radius 2 is 1.95 bits per heavy atom. The Hall–Kier alpha value is -0.650. The van der Waals surface area contributed by atoms with Crippen molar-refractivity contribution in [2.75, 3.05) is 32.8 Å². The molecule has 2 aliphatic rings. The van der Waals surface area contributed by atoms with Gasteiger partial charge in [0.15, 0.2) is 0 Å². The first-order valence-corrected chi connectivity index (χ1v) is 7.92. The van der Waals surface area contributed by atoms with Gasteiger partial charge in [0.25, 0.3) is 0 Å². The molecule has 0 radical (unpaired) electrons. The van der Waals surface area contributed by atoms with Crippen LogP contribution in [0.5, 0.6) is 0 Å². The van der Waals surface area contributed by atoms with Crippen LogP contribution in [0.4, 0.5) is 0 Å². The van der Waals surface area contributed by atoms with Crippen molar-refractivity contribution in [2.24, 2.45) is 5.73 Å². The number of nitrogens with zero attached hydrogens (tertiary/aromatic N) is 2. The summed E-state index contributed by atoms with van der Waals surface area (Å²) in [4.78, 5) is 5.03. The normalized spacial score (nSPS) is 26.5. The van der Waals surface area contributed by atoms with E-state index in [1.54, 1.807) is 0 Å². The van der Waals surface area contributed by atoms with Gasteiger partial charge in [0.1, 0.15) is 0 Å². The van der Waals surface area contributed by atoms with Gasteiger partial charge in [-0.25, -0.2) is 0 Å². The second-order valence-corrected chi connectivity index (χ2v) is 7.12. The number of ether oxygens (including phenoxy) is 1. The van der Waals surface area contributed by atoms with Gasteiger partial charge < -0.3 is 10.5 Å². The van der Waals surface area contributed by atoms with Crippen LogP contribution in [0.25, 0.3) is 0 Å². The van der Waals surface area contributed by atoms with Gasteiger partial charge in [-0.15, -0.1) is 12.4 Å². The number of likely N-dealkylation sites (tertiary alicyclic amines) is 1. The summed E-state index contributed by atoms with van der Waals surface area (Å²) in [5, 5.41) is 0. The van der Waals surface area contributed by atoms with E-state index in [2.05, 4.69) is 54.0 Å². The van der Waals surface area contributed by atoms with Crippen LogP contribution in [0, 0.1) is 0 Å². The topological polar surface area (TPSA) is 41.7 Å². The maximum atomic E-state index is 6.17. The minimum absolute atomic E-state index is 0. The highest BCUT2D eigenvalue weighted by molar-refractivity contribution is 5.85. The van der Waals surface area contributed by atoms with Crippen LogP contribution in [0.1, 0.15) is 19.4 Å². The fraction of sp³-hybridized carbons (Fsp3) is 0.647. The number of fused-ring (bicyclic) bond motifs is 1. The molecule has 0 unspecified atom stereocenters. The first kappa shape index (κ1) is 17.7. The molecule has 0 spiro atoms. The first-order chi connectivity index (χ1) is 10.0. The summed E-state index contributed by atoms with van der Waals surface area (Å²) < 4.78 is 5.99. The summed E-state index contributed by atoms with van der Waals surface area (Å²) in [6.07, 6.45) is 0.338. The van der Waals surface area contributed by atoms with Crippen molar-refractivity contribution in [1.29, 1.82) is 0 Å². The third-order valence-corrected chi connectivity index (χ3v) is 4.35. The molecule has 2 N–H and O–H groups in total. The van der Waals surface area contributed by atoms with Crippen molar-refractivity contribution in [3.8, 4) is 0 Å². The van der Waals surface area contributed by atoms with Crippen molar-refractivity contribution in [2.45, 2.75) is 38.1 Å². The molecule has 0 amide bonds. The highest BCUT2D eigenvalue weighted by Crippen LogP contribution is 2.25. The smallest absolute Gasteiger partial charge is 0.0870 e. The van der Waals surface area contributed by atoms with Gasteiger partial charge in [0.2, 0.25) is 0 Å². The van der Waals surface area contributed by atoms with E-state index in [0.717, 1.165) is 39.3 Å². The molecule has 4 nitrogen and oxygen atoms in total. The highest BCUT2D eigenvalue weighted by atomic mass is 35.5. The number of hydrogen-bond donors (Lipinski definition) is 1. The summed E-state index contributed by atoms with van der Waals surface area (Å²) >= 11 is 0. The molecule has 2 heterocycles. The van der Waals surface area contributed by atoms with Crippen LogP contribution in [-0.2, 0) is 11.3 Å². The third-order valence-electron chi connectivity index (χ3n) is 4.35. The van der Waals surface area contributed by atoms with Crippen molar-refractivity contribution >= 4 is 12.4 Å². The Bertz CT molecular complexity index is 463. The maximum absolute atomic E-state index is 6.17. The number of morpholine rings is 1. The zero-order valence-corrected chi connectivity index (χ0v) is 14.4. The zero-order valence-electron chi connectivity index (χ0n) is 13.6. The predicted molar refractivity (Wildman–Crippen MR) is 92.3 cm³/mol. The minimum Gasteiger partial charge on any atom is -0.374 e. The molecule has 2 aliphatic heterocycles. The van der Waals surface area contributed by atoms with E-state index in [4.69, 9.17) is 10.5 Å². The molecule has 124 valence electrons. The fourth-order valence-electron chi connectivity index (χ4n) is 3.55. The zero-order chi connectivity index (χ0) is 14.9. The van der Waals surface area contributed by atoms with Crippen molar-refractivity contribution in [3.63, 3.8) is 0 Å². The number of nitrogens with two attached hydrogens (primary N) is 1. The van der Waals surface area contributed by atoms with E-state index >= 15 is 0 Å². The summed E-state index contributed by atoms with van der Waals surface area (Å²) in [5.41, 5.74) is 7.41. The van der Waals surface area contributed by atoms with Crippen LogP contribution < -0.4 is 5.73 Å². The molecular weight excluding hydrogens is 298 g/mol. The van der Waals surface area contributed by atoms with Gasteiger partial charge in [0, 0.05) is 38.3 Å². The first-order valence-electron chi connectivity index (χ1n) is 7.92. The lowest BCUT2D eigenvalue weighted by Crippen LogP contribution is -2.50. The SMILES string of the molecule is CC(C)(N)CN1C[C@@H]2OCCN(Cc3ccccc3)[C@@H]2C1.Cl. The van der Waals surface area contributed by atoms with E-state index in [-0.39, 0.29) is 17.9 Å². The van der Waals surface area contributed by atoms with E-state index in [0.29, 0.717) is 12.1 Å². The van der Waals surface area contributed by atoms with Gasteiger partial charge in [-0.1, -0.05) is 30.3 Å². The average molecular weight is 326 g/mol. The molecular formula is C17H28ClN3O. The number of hydrogen-bond acceptors (Lipinski definition) is 4. The summed E-state index contributed by atoms with van der Waals surface area (Å²) in [6.45, 7) is 10.1. The Morgan fingerprint density at radius 3 is 2.64 bits per heavy atom. The fourth-order valence-corrected chi connectivity index (χ4v) is 3.55. The van der Waals surface area contributed by atoms with Gasteiger partial charge in [0.05, 0.1) is 18.8 Å². The Balaban J connectivity index is 0.00000176. The molecule has 3 rings (SSSR count). The van der Waals surface area contributed by atoms with Gasteiger partial charge in [-0.2, -0.15) is 0 Å². The van der Waals surface area contributed by atoms with E-state index in [1.807, 2.05) is 0 Å². The van der Waals surface area contributed by atoms with Crippen LogP contribution >= 0.6 is 12.4 Å². The second-order valence-electron chi connectivity index (χ2n) is 7.12. The van der Waals surface area contributed by atoms with E-state index < -0.39 is 0 Å². The molecule has 0 aromatic heterocycles. The number of rotatable bonds is 4. The van der Waals surface area contributed by atoms with Crippen LogP contribution in [-0.4, -0.2) is 60.3 Å². The summed E-state index contributed by atoms with van der Waals surface area (Å²) in [7, 11) is 0. The van der Waals surface area contributed by atoms with Gasteiger partial charge in [-0.3, -0.25) is 9.80 Å². The second kappa shape index (κ2) is 7.28. The monoisotopic (exact) mass is 325 g/mol. The molecule has 1 aromatic rings. The van der Waals surface area contributed by atoms with E-state index in [1.165, 1.54) is 5.56 Å². The van der Waals surface area contributed by atoms with Crippen LogP contribution in [0.3, 0.4) is 0 Å². The molecule has 22 heavy (non-hydrogen) atoms. The maximum Gasteiger partial charge on any atom is 0.0870 e. The highest BCUT2D eigenvalue weighted by Gasteiger charge is 2.40. The van der Waals surface area contributed by atoms with E-state index in [9.17, 15) is 0 Å². The predicted octanol–water partition coefficient (Wildman–Crippen LogP) is 1.73. The summed E-state index contributed by atoms with van der Waals surface area (Å²) in [5.74, 6) is 0. The van der Waals surface area contributed by atoms with Crippen molar-refractivity contribution in [1.82, 2.24) is 9.80 Å². The largest absolute Gasteiger partial charge is 0.374 e. The number of halogens is 1. The molecule has 1 aromatic carbocycles. The van der Waals surface area contributed by atoms with Gasteiger partial charge in [-0.05, 0) is 19.4 Å². The molecule has 0 bridgehead atoms.